The van der Waals surface area contributed by atoms with E-state index >= 15 is 0 Å². The van der Waals surface area contributed by atoms with Crippen LogP contribution in [0.25, 0.3) is 0 Å². The van der Waals surface area contributed by atoms with E-state index in [1.807, 2.05) is 23.7 Å². The largest absolute Gasteiger partial charge is 0.486 e. The third-order valence-corrected chi connectivity index (χ3v) is 3.31. The van der Waals surface area contributed by atoms with E-state index < -0.39 is 0 Å². The molecule has 0 radical (unpaired) electrons. The van der Waals surface area contributed by atoms with Crippen LogP contribution in [-0.4, -0.2) is 21.3 Å². The topological polar surface area (TPSA) is 52.0 Å². The first kappa shape index (κ1) is 14.5. The SMILES string of the molecule is CCNC(CC)c1ccc(OCc2nncn2C)cc1. The van der Waals surface area contributed by atoms with Gasteiger partial charge in [-0.05, 0) is 30.7 Å². The summed E-state index contributed by atoms with van der Waals surface area (Å²) in [7, 11) is 1.91. The number of benzene rings is 1. The second-order valence-electron chi connectivity index (χ2n) is 4.73. The molecule has 0 fully saturated rings. The van der Waals surface area contributed by atoms with Gasteiger partial charge in [-0.15, -0.1) is 10.2 Å². The van der Waals surface area contributed by atoms with Crippen LogP contribution in [-0.2, 0) is 13.7 Å². The molecule has 1 aromatic heterocycles. The second-order valence-corrected chi connectivity index (χ2v) is 4.73. The van der Waals surface area contributed by atoms with Crippen LogP contribution in [0, 0.1) is 0 Å². The number of aryl methyl sites for hydroxylation is 1. The van der Waals surface area contributed by atoms with Crippen molar-refractivity contribution in [2.24, 2.45) is 7.05 Å². The lowest BCUT2D eigenvalue weighted by atomic mass is 10.0. The smallest absolute Gasteiger partial charge is 0.170 e. The Morgan fingerprint density at radius 2 is 2.00 bits per heavy atom. The molecule has 2 aromatic rings. The van der Waals surface area contributed by atoms with Crippen LogP contribution in [0.2, 0.25) is 0 Å². The maximum atomic E-state index is 5.72. The molecule has 0 bridgehead atoms. The molecule has 0 amide bonds. The normalized spacial score (nSPS) is 12.3. The van der Waals surface area contributed by atoms with Crippen LogP contribution in [0.1, 0.15) is 37.7 Å². The number of nitrogens with one attached hydrogen (secondary N) is 1. The highest BCUT2D eigenvalue weighted by molar-refractivity contribution is 5.29. The van der Waals surface area contributed by atoms with Gasteiger partial charge in [-0.2, -0.15) is 0 Å². The lowest BCUT2D eigenvalue weighted by Crippen LogP contribution is -2.19. The summed E-state index contributed by atoms with van der Waals surface area (Å²) in [5, 5.41) is 11.3. The number of aromatic nitrogens is 3. The summed E-state index contributed by atoms with van der Waals surface area (Å²) in [6.07, 6.45) is 2.75. The van der Waals surface area contributed by atoms with Crippen molar-refractivity contribution in [1.82, 2.24) is 20.1 Å². The third-order valence-electron chi connectivity index (χ3n) is 3.31. The van der Waals surface area contributed by atoms with Gasteiger partial charge in [-0.25, -0.2) is 0 Å². The van der Waals surface area contributed by atoms with E-state index in [-0.39, 0.29) is 0 Å². The van der Waals surface area contributed by atoms with Crippen molar-refractivity contribution < 1.29 is 4.74 Å². The number of hydrogen-bond donors (Lipinski definition) is 1. The molecule has 0 aliphatic rings. The first-order chi connectivity index (χ1) is 9.74. The van der Waals surface area contributed by atoms with Gasteiger partial charge in [0.15, 0.2) is 5.82 Å². The summed E-state index contributed by atoms with van der Waals surface area (Å²) < 4.78 is 7.57. The Hall–Kier alpha value is -1.88. The Morgan fingerprint density at radius 3 is 2.55 bits per heavy atom. The molecular formula is C15H22N4O. The van der Waals surface area contributed by atoms with E-state index in [1.54, 1.807) is 6.33 Å². The standard InChI is InChI=1S/C15H22N4O/c1-4-14(16-5-2)12-6-8-13(9-7-12)20-10-15-18-17-11-19(15)3/h6-9,11,14,16H,4-5,10H2,1-3H3. The van der Waals surface area contributed by atoms with Gasteiger partial charge in [-0.1, -0.05) is 26.0 Å². The fraction of sp³-hybridized carbons (Fsp3) is 0.467. The van der Waals surface area contributed by atoms with Crippen molar-refractivity contribution in [3.05, 3.63) is 42.0 Å². The van der Waals surface area contributed by atoms with E-state index in [9.17, 15) is 0 Å². The Kier molecular flexibility index (Phi) is 5.12. The Morgan fingerprint density at radius 1 is 1.25 bits per heavy atom. The molecule has 5 heteroatoms. The number of hydrogen-bond acceptors (Lipinski definition) is 4. The first-order valence-corrected chi connectivity index (χ1v) is 7.03. The zero-order valence-corrected chi connectivity index (χ0v) is 12.3. The molecule has 1 atom stereocenters. The van der Waals surface area contributed by atoms with E-state index in [1.165, 1.54) is 5.56 Å². The molecule has 1 heterocycles. The minimum atomic E-state index is 0.410. The molecule has 0 aliphatic carbocycles. The van der Waals surface area contributed by atoms with E-state index in [4.69, 9.17) is 4.74 Å². The van der Waals surface area contributed by atoms with Crippen LogP contribution in [0.5, 0.6) is 5.75 Å². The van der Waals surface area contributed by atoms with Crippen molar-refractivity contribution in [3.63, 3.8) is 0 Å². The highest BCUT2D eigenvalue weighted by Crippen LogP contribution is 2.20. The molecular weight excluding hydrogens is 252 g/mol. The Bertz CT molecular complexity index is 521. The molecule has 2 rings (SSSR count). The van der Waals surface area contributed by atoms with E-state index in [2.05, 4.69) is 41.5 Å². The molecule has 20 heavy (non-hydrogen) atoms. The predicted octanol–water partition coefficient (Wildman–Crippen LogP) is 2.45. The van der Waals surface area contributed by atoms with E-state index in [0.29, 0.717) is 12.6 Å². The van der Waals surface area contributed by atoms with Gasteiger partial charge in [0.25, 0.3) is 0 Å². The quantitative estimate of drug-likeness (QED) is 0.842. The first-order valence-electron chi connectivity index (χ1n) is 7.03. The van der Waals surface area contributed by atoms with Crippen molar-refractivity contribution in [1.29, 1.82) is 0 Å². The number of nitrogens with zero attached hydrogens (tertiary/aromatic N) is 3. The summed E-state index contributed by atoms with van der Waals surface area (Å²) in [6, 6.07) is 8.65. The van der Waals surface area contributed by atoms with Crippen molar-refractivity contribution in [3.8, 4) is 5.75 Å². The molecule has 0 saturated carbocycles. The lowest BCUT2D eigenvalue weighted by Gasteiger charge is -2.16. The van der Waals surface area contributed by atoms with Crippen LogP contribution in [0.15, 0.2) is 30.6 Å². The molecule has 0 saturated heterocycles. The predicted molar refractivity (Wildman–Crippen MR) is 78.5 cm³/mol. The van der Waals surface area contributed by atoms with E-state index in [0.717, 1.165) is 24.5 Å². The second kappa shape index (κ2) is 7.05. The molecule has 108 valence electrons. The molecule has 0 spiro atoms. The number of rotatable bonds is 7. The number of ether oxygens (including phenoxy) is 1. The van der Waals surface area contributed by atoms with Gasteiger partial charge in [0.1, 0.15) is 18.7 Å². The lowest BCUT2D eigenvalue weighted by molar-refractivity contribution is 0.291. The van der Waals surface area contributed by atoms with Crippen LogP contribution in [0.3, 0.4) is 0 Å². The van der Waals surface area contributed by atoms with Crippen LogP contribution < -0.4 is 10.1 Å². The summed E-state index contributed by atoms with van der Waals surface area (Å²) in [5.74, 6) is 1.66. The summed E-state index contributed by atoms with van der Waals surface area (Å²) in [5.41, 5.74) is 1.29. The van der Waals surface area contributed by atoms with Crippen LogP contribution >= 0.6 is 0 Å². The van der Waals surface area contributed by atoms with Crippen molar-refractivity contribution in [2.75, 3.05) is 6.54 Å². The van der Waals surface area contributed by atoms with Crippen molar-refractivity contribution in [2.45, 2.75) is 32.9 Å². The maximum Gasteiger partial charge on any atom is 0.170 e. The highest BCUT2D eigenvalue weighted by atomic mass is 16.5. The molecule has 5 nitrogen and oxygen atoms in total. The third kappa shape index (κ3) is 3.57. The monoisotopic (exact) mass is 274 g/mol. The van der Waals surface area contributed by atoms with Crippen LogP contribution in [0.4, 0.5) is 0 Å². The van der Waals surface area contributed by atoms with Gasteiger partial charge in [0, 0.05) is 13.1 Å². The molecule has 1 N–H and O–H groups in total. The van der Waals surface area contributed by atoms with Gasteiger partial charge in [0.05, 0.1) is 0 Å². The fourth-order valence-electron chi connectivity index (χ4n) is 2.13. The fourth-order valence-corrected chi connectivity index (χ4v) is 2.13. The molecule has 1 aromatic carbocycles. The van der Waals surface area contributed by atoms with Gasteiger partial charge in [0.2, 0.25) is 0 Å². The zero-order valence-electron chi connectivity index (χ0n) is 12.3. The molecule has 1 unspecified atom stereocenters. The average molecular weight is 274 g/mol. The minimum absolute atomic E-state index is 0.410. The summed E-state index contributed by atoms with van der Waals surface area (Å²) in [4.78, 5) is 0. The zero-order chi connectivity index (χ0) is 14.4. The highest BCUT2D eigenvalue weighted by Gasteiger charge is 2.08. The Balaban J connectivity index is 1.96. The minimum Gasteiger partial charge on any atom is -0.486 e. The summed E-state index contributed by atoms with van der Waals surface area (Å²) in [6.45, 7) is 5.72. The molecule has 0 aliphatic heterocycles. The average Bonchev–Trinajstić information content (AvgIpc) is 2.89. The maximum absolute atomic E-state index is 5.72. The summed E-state index contributed by atoms with van der Waals surface area (Å²) >= 11 is 0. The van der Waals surface area contributed by atoms with Gasteiger partial charge in [-0.3, -0.25) is 0 Å². The van der Waals surface area contributed by atoms with Crippen molar-refractivity contribution >= 4 is 0 Å². The van der Waals surface area contributed by atoms with Gasteiger partial charge < -0.3 is 14.6 Å². The van der Waals surface area contributed by atoms with Gasteiger partial charge >= 0.3 is 0 Å². The Labute approximate surface area is 120 Å².